The predicted molar refractivity (Wildman–Crippen MR) is 157 cm³/mol. The molecule has 7 rings (SSSR count). The van der Waals surface area contributed by atoms with Crippen molar-refractivity contribution >= 4 is 5.91 Å². The van der Waals surface area contributed by atoms with Gasteiger partial charge in [-0.3, -0.25) is 9.78 Å². The number of nitrogens with zero attached hydrogens (tertiary/aromatic N) is 2. The molecule has 41 heavy (non-hydrogen) atoms. The molecule has 5 aliphatic carbocycles. The fourth-order valence-corrected chi connectivity index (χ4v) is 12.8. The summed E-state index contributed by atoms with van der Waals surface area (Å²) in [5.41, 5.74) is 1.50. The SMILES string of the molecule is CC(=O)N(Cc1cccnc1)CC1C[C@@H](C)[C@H]2C(O1)[C@H](O)[C@@]1(C)C3CC[C@H]4C(C)(C)C(O)CCC45CC35CCC21C. The second-order valence-corrected chi connectivity index (χ2v) is 16.4. The zero-order valence-electron chi connectivity index (χ0n) is 26.1. The standard InChI is InChI=1S/C35H52N2O4/c1-21-16-24(19-37(22(2)38)18-23-8-7-15-36-17-23)41-29-28(21)32(5)13-14-35-20-34(35)12-11-27(39)31(3,4)25(34)9-10-26(35)33(32,6)30(29)40/h7-8,15,17,21,24-30,39-40H,9-14,16,18-20H2,1-6H3/t21-,24?,25+,26?,27?,28+,29?,30+,32?,33-,34?,35?/m1/s1. The highest BCUT2D eigenvalue weighted by Crippen LogP contribution is 2.89. The van der Waals surface area contributed by atoms with Crippen LogP contribution in [0.2, 0.25) is 0 Å². The van der Waals surface area contributed by atoms with Crippen molar-refractivity contribution < 1.29 is 19.7 Å². The summed E-state index contributed by atoms with van der Waals surface area (Å²) in [7, 11) is 0. The lowest BCUT2D eigenvalue weighted by atomic mass is 9.41. The van der Waals surface area contributed by atoms with Gasteiger partial charge in [-0.2, -0.15) is 0 Å². The summed E-state index contributed by atoms with van der Waals surface area (Å²) < 4.78 is 6.92. The smallest absolute Gasteiger partial charge is 0.219 e. The van der Waals surface area contributed by atoms with E-state index in [-0.39, 0.29) is 40.5 Å². The minimum Gasteiger partial charge on any atom is -0.393 e. The third kappa shape index (κ3) is 3.53. The topological polar surface area (TPSA) is 82.9 Å². The number of pyridine rings is 1. The summed E-state index contributed by atoms with van der Waals surface area (Å²) >= 11 is 0. The fourth-order valence-electron chi connectivity index (χ4n) is 12.8. The first kappa shape index (κ1) is 28.3. The van der Waals surface area contributed by atoms with Gasteiger partial charge < -0.3 is 19.8 Å². The number of amides is 1. The van der Waals surface area contributed by atoms with E-state index >= 15 is 0 Å². The Morgan fingerprint density at radius 2 is 1.80 bits per heavy atom. The molecule has 6 fully saturated rings. The van der Waals surface area contributed by atoms with Gasteiger partial charge in [-0.15, -0.1) is 0 Å². The molecule has 1 aromatic heterocycles. The third-order valence-electron chi connectivity index (χ3n) is 14.8. The summed E-state index contributed by atoms with van der Waals surface area (Å²) in [6.07, 6.45) is 11.7. The Morgan fingerprint density at radius 3 is 2.51 bits per heavy atom. The number of fused-ring (bicyclic) bond motifs is 4. The van der Waals surface area contributed by atoms with Crippen LogP contribution in [0.25, 0.3) is 0 Å². The first-order chi connectivity index (χ1) is 19.3. The van der Waals surface area contributed by atoms with Crippen molar-refractivity contribution in [3.63, 3.8) is 0 Å². The zero-order chi connectivity index (χ0) is 29.2. The Labute approximate surface area is 246 Å². The number of aliphatic hydroxyl groups excluding tert-OH is 2. The highest BCUT2D eigenvalue weighted by atomic mass is 16.5. The normalized spacial score (nSPS) is 50.9. The first-order valence-electron chi connectivity index (χ1n) is 16.5. The number of aromatic nitrogens is 1. The minimum atomic E-state index is -0.495. The number of carbonyl (C=O) groups excluding carboxylic acids is 1. The maximum Gasteiger partial charge on any atom is 0.219 e. The van der Waals surface area contributed by atoms with Gasteiger partial charge in [0.1, 0.15) is 0 Å². The minimum absolute atomic E-state index is 0.0279. The molecule has 6 nitrogen and oxygen atoms in total. The average Bonchev–Trinajstić information content (AvgIpc) is 3.56. The van der Waals surface area contributed by atoms with Crippen molar-refractivity contribution in [3.8, 4) is 0 Å². The van der Waals surface area contributed by atoms with Crippen LogP contribution in [0.5, 0.6) is 0 Å². The highest BCUT2D eigenvalue weighted by Gasteiger charge is 2.84. The van der Waals surface area contributed by atoms with E-state index in [1.54, 1.807) is 13.1 Å². The average molecular weight is 565 g/mol. The number of ether oxygens (including phenoxy) is 1. The van der Waals surface area contributed by atoms with Gasteiger partial charge in [0.2, 0.25) is 5.91 Å². The number of carbonyl (C=O) groups is 1. The molecular weight excluding hydrogens is 512 g/mol. The molecule has 2 N–H and O–H groups in total. The largest absolute Gasteiger partial charge is 0.393 e. The van der Waals surface area contributed by atoms with E-state index in [2.05, 4.69) is 39.6 Å². The summed E-state index contributed by atoms with van der Waals surface area (Å²) in [6, 6.07) is 3.93. The van der Waals surface area contributed by atoms with Crippen LogP contribution in [-0.4, -0.2) is 57.0 Å². The number of hydrogen-bond donors (Lipinski definition) is 2. The molecule has 1 aliphatic heterocycles. The number of aliphatic hydroxyl groups is 2. The fraction of sp³-hybridized carbons (Fsp3) is 0.829. The van der Waals surface area contributed by atoms with Crippen molar-refractivity contribution in [1.29, 1.82) is 0 Å². The Morgan fingerprint density at radius 1 is 1.07 bits per heavy atom. The maximum atomic E-state index is 12.7. The van der Waals surface area contributed by atoms with Crippen molar-refractivity contribution in [3.05, 3.63) is 30.1 Å². The molecule has 2 spiro atoms. The molecule has 7 unspecified atom stereocenters. The second-order valence-electron chi connectivity index (χ2n) is 16.4. The van der Waals surface area contributed by atoms with Crippen molar-refractivity contribution in [2.45, 2.75) is 124 Å². The van der Waals surface area contributed by atoms with Crippen LogP contribution in [0.3, 0.4) is 0 Å². The maximum absolute atomic E-state index is 12.7. The zero-order valence-corrected chi connectivity index (χ0v) is 26.1. The summed E-state index contributed by atoms with van der Waals surface area (Å²) in [5.74, 6) is 1.89. The summed E-state index contributed by atoms with van der Waals surface area (Å²) in [5, 5.41) is 23.4. The highest BCUT2D eigenvalue weighted by molar-refractivity contribution is 5.73. The molecule has 226 valence electrons. The number of rotatable bonds is 4. The van der Waals surface area contributed by atoms with Gasteiger partial charge in [0.25, 0.3) is 0 Å². The lowest BCUT2D eigenvalue weighted by Crippen LogP contribution is -2.59. The molecular formula is C35H52N2O4. The van der Waals surface area contributed by atoms with Gasteiger partial charge in [0, 0.05) is 37.8 Å². The first-order valence-corrected chi connectivity index (χ1v) is 16.5. The van der Waals surface area contributed by atoms with Gasteiger partial charge in [-0.1, -0.05) is 40.7 Å². The van der Waals surface area contributed by atoms with E-state index in [1.165, 1.54) is 19.3 Å². The Balaban J connectivity index is 1.16. The summed E-state index contributed by atoms with van der Waals surface area (Å²) in [4.78, 5) is 18.8. The van der Waals surface area contributed by atoms with Crippen LogP contribution in [0.15, 0.2) is 24.5 Å². The lowest BCUT2D eigenvalue weighted by molar-refractivity contribution is -0.182. The lowest BCUT2D eigenvalue weighted by Gasteiger charge is -2.63. The van der Waals surface area contributed by atoms with Crippen LogP contribution < -0.4 is 0 Å². The van der Waals surface area contributed by atoms with Crippen LogP contribution in [0.4, 0.5) is 0 Å². The Hall–Kier alpha value is -1.50. The summed E-state index contributed by atoms with van der Waals surface area (Å²) in [6.45, 7) is 14.7. The molecule has 0 bridgehead atoms. The van der Waals surface area contributed by atoms with Gasteiger partial charge in [0.15, 0.2) is 0 Å². The molecule has 1 aromatic rings. The quantitative estimate of drug-likeness (QED) is 0.497. The van der Waals surface area contributed by atoms with Crippen LogP contribution in [-0.2, 0) is 16.1 Å². The van der Waals surface area contributed by atoms with E-state index in [0.717, 1.165) is 37.7 Å². The van der Waals surface area contributed by atoms with Crippen LogP contribution in [0.1, 0.15) is 98.5 Å². The van der Waals surface area contributed by atoms with Gasteiger partial charge in [-0.25, -0.2) is 0 Å². The van der Waals surface area contributed by atoms with E-state index in [9.17, 15) is 15.0 Å². The monoisotopic (exact) mass is 564 g/mol. The molecule has 5 saturated carbocycles. The van der Waals surface area contributed by atoms with Gasteiger partial charge in [0.05, 0.1) is 24.4 Å². The van der Waals surface area contributed by atoms with Crippen molar-refractivity contribution in [2.75, 3.05) is 6.54 Å². The predicted octanol–water partition coefficient (Wildman–Crippen LogP) is 5.60. The van der Waals surface area contributed by atoms with Gasteiger partial charge >= 0.3 is 0 Å². The Kier molecular flexibility index (Phi) is 6.22. The molecule has 0 radical (unpaired) electrons. The Bertz CT molecular complexity index is 1210. The van der Waals surface area contributed by atoms with Crippen molar-refractivity contribution in [1.82, 2.24) is 9.88 Å². The van der Waals surface area contributed by atoms with Crippen molar-refractivity contribution in [2.24, 2.45) is 50.7 Å². The van der Waals surface area contributed by atoms with Crippen LogP contribution >= 0.6 is 0 Å². The molecule has 1 saturated heterocycles. The van der Waals surface area contributed by atoms with E-state index in [1.807, 2.05) is 23.2 Å². The molecule has 1 amide bonds. The van der Waals surface area contributed by atoms with Crippen LogP contribution in [0, 0.1) is 50.7 Å². The van der Waals surface area contributed by atoms with Gasteiger partial charge in [-0.05, 0) is 108 Å². The van der Waals surface area contributed by atoms with E-state index in [4.69, 9.17) is 4.74 Å². The number of hydrogen-bond acceptors (Lipinski definition) is 5. The third-order valence-corrected chi connectivity index (χ3v) is 14.8. The van der Waals surface area contributed by atoms with E-state index < -0.39 is 6.10 Å². The molecule has 0 aromatic carbocycles. The molecule has 6 heteroatoms. The molecule has 6 aliphatic rings. The second kappa shape index (κ2) is 9.01. The molecule has 2 heterocycles. The molecule has 12 atom stereocenters. The van der Waals surface area contributed by atoms with E-state index in [0.29, 0.717) is 47.6 Å².